The molecule has 0 radical (unpaired) electrons. The molecule has 19 heavy (non-hydrogen) atoms. The molecule has 1 heterocycles. The molecular formula is C15H16N2O2. The summed E-state index contributed by atoms with van der Waals surface area (Å²) in [5.41, 5.74) is 2.31. The van der Waals surface area contributed by atoms with Gasteiger partial charge in [-0.15, -0.1) is 0 Å². The van der Waals surface area contributed by atoms with E-state index >= 15 is 0 Å². The maximum atomic E-state index is 11.9. The lowest BCUT2D eigenvalue weighted by atomic mass is 10.1. The first-order chi connectivity index (χ1) is 9.20. The highest BCUT2D eigenvalue weighted by molar-refractivity contribution is 5.92. The molecule has 1 aromatic heterocycles. The van der Waals surface area contributed by atoms with Gasteiger partial charge in [-0.25, -0.2) is 0 Å². The molecule has 0 saturated carbocycles. The molecule has 2 aromatic rings. The normalized spacial score (nSPS) is 10.2. The van der Waals surface area contributed by atoms with Crippen LogP contribution in [0, 0.1) is 0 Å². The Labute approximate surface area is 111 Å². The average Bonchev–Trinajstić information content (AvgIpc) is 2.45. The Kier molecular flexibility index (Phi) is 4.13. The number of pyridine rings is 1. The summed E-state index contributed by atoms with van der Waals surface area (Å²) in [7, 11) is 0. The van der Waals surface area contributed by atoms with Crippen LogP contribution < -0.4 is 10.9 Å². The van der Waals surface area contributed by atoms with Crippen LogP contribution in [0.15, 0.2) is 47.3 Å². The molecule has 0 aliphatic carbocycles. The van der Waals surface area contributed by atoms with Crippen molar-refractivity contribution in [3.8, 4) is 0 Å². The van der Waals surface area contributed by atoms with Gasteiger partial charge in [0.2, 0.25) is 5.56 Å². The molecule has 0 fully saturated rings. The van der Waals surface area contributed by atoms with Crippen LogP contribution in [0.2, 0.25) is 0 Å². The third-order valence-electron chi connectivity index (χ3n) is 2.95. The van der Waals surface area contributed by atoms with Crippen molar-refractivity contribution in [3.05, 3.63) is 69.6 Å². The number of aromatic nitrogens is 1. The Morgan fingerprint density at radius 3 is 2.53 bits per heavy atom. The number of carbonyl (C=O) groups is 1. The number of carbonyl (C=O) groups excluding carboxylic acids is 1. The van der Waals surface area contributed by atoms with E-state index < -0.39 is 0 Å². The van der Waals surface area contributed by atoms with Crippen LogP contribution in [0.5, 0.6) is 0 Å². The van der Waals surface area contributed by atoms with Gasteiger partial charge in [-0.3, -0.25) is 9.59 Å². The average molecular weight is 256 g/mol. The molecule has 2 N–H and O–H groups in total. The second kappa shape index (κ2) is 6.00. The molecule has 4 heteroatoms. The van der Waals surface area contributed by atoms with E-state index in [1.165, 1.54) is 11.6 Å². The van der Waals surface area contributed by atoms with E-state index in [4.69, 9.17) is 0 Å². The van der Waals surface area contributed by atoms with Gasteiger partial charge in [0.05, 0.1) is 0 Å². The van der Waals surface area contributed by atoms with Gasteiger partial charge < -0.3 is 10.3 Å². The fourth-order valence-electron chi connectivity index (χ4n) is 1.93. The summed E-state index contributed by atoms with van der Waals surface area (Å²) in [5.74, 6) is -0.274. The van der Waals surface area contributed by atoms with E-state index in [1.807, 2.05) is 24.3 Å². The maximum absolute atomic E-state index is 11.9. The molecule has 0 aliphatic heterocycles. The number of hydrogen-bond donors (Lipinski definition) is 2. The number of rotatable bonds is 4. The smallest absolute Gasteiger partial charge is 0.268 e. The predicted octanol–water partition coefficient (Wildman–Crippen LogP) is 1.87. The second-order valence-electron chi connectivity index (χ2n) is 4.23. The predicted molar refractivity (Wildman–Crippen MR) is 74.1 cm³/mol. The van der Waals surface area contributed by atoms with Crippen molar-refractivity contribution < 1.29 is 4.79 Å². The number of aryl methyl sites for hydroxylation is 1. The number of hydrogen-bond acceptors (Lipinski definition) is 2. The molecule has 0 spiro atoms. The highest BCUT2D eigenvalue weighted by atomic mass is 16.2. The van der Waals surface area contributed by atoms with E-state index in [2.05, 4.69) is 17.2 Å². The number of benzene rings is 1. The molecule has 0 atom stereocenters. The van der Waals surface area contributed by atoms with E-state index in [1.54, 1.807) is 12.1 Å². The van der Waals surface area contributed by atoms with Crippen molar-refractivity contribution in [3.63, 3.8) is 0 Å². The quantitative estimate of drug-likeness (QED) is 0.877. The number of aromatic amines is 1. The summed E-state index contributed by atoms with van der Waals surface area (Å²) in [4.78, 5) is 25.5. The summed E-state index contributed by atoms with van der Waals surface area (Å²) < 4.78 is 0. The first-order valence-electron chi connectivity index (χ1n) is 6.25. The third-order valence-corrected chi connectivity index (χ3v) is 2.95. The van der Waals surface area contributed by atoms with Crippen molar-refractivity contribution in [2.45, 2.75) is 19.9 Å². The van der Waals surface area contributed by atoms with Crippen LogP contribution in [0.4, 0.5) is 0 Å². The summed E-state index contributed by atoms with van der Waals surface area (Å²) in [6.45, 7) is 2.54. The SMILES string of the molecule is CCc1ccccc1CNC(=O)c1cccc(=O)[nH]1. The molecule has 1 amide bonds. The van der Waals surface area contributed by atoms with Crippen LogP contribution in [0.3, 0.4) is 0 Å². The lowest BCUT2D eigenvalue weighted by Gasteiger charge is -2.09. The van der Waals surface area contributed by atoms with Gasteiger partial charge in [-0.2, -0.15) is 0 Å². The summed E-state index contributed by atoms with van der Waals surface area (Å²) in [5, 5.41) is 2.81. The Bertz CT molecular complexity index is 632. The third kappa shape index (κ3) is 3.31. The largest absolute Gasteiger partial charge is 0.347 e. The monoisotopic (exact) mass is 256 g/mol. The minimum atomic E-state index is -0.276. The van der Waals surface area contributed by atoms with Crippen LogP contribution in [0.1, 0.15) is 28.5 Å². The number of amides is 1. The zero-order chi connectivity index (χ0) is 13.7. The molecule has 4 nitrogen and oxygen atoms in total. The van der Waals surface area contributed by atoms with Crippen molar-refractivity contribution in [1.82, 2.24) is 10.3 Å². The molecule has 0 aliphatic rings. The Balaban J connectivity index is 2.06. The lowest BCUT2D eigenvalue weighted by molar-refractivity contribution is 0.0945. The second-order valence-corrected chi connectivity index (χ2v) is 4.23. The van der Waals surface area contributed by atoms with Gasteiger partial charge in [0.25, 0.3) is 5.91 Å². The molecule has 0 bridgehead atoms. The summed E-state index contributed by atoms with van der Waals surface area (Å²) >= 11 is 0. The van der Waals surface area contributed by atoms with E-state index in [0.717, 1.165) is 12.0 Å². The van der Waals surface area contributed by atoms with Gasteiger partial charge in [0.15, 0.2) is 0 Å². The fourth-order valence-corrected chi connectivity index (χ4v) is 1.93. The van der Waals surface area contributed by atoms with Crippen LogP contribution in [0.25, 0.3) is 0 Å². The van der Waals surface area contributed by atoms with Crippen molar-refractivity contribution >= 4 is 5.91 Å². The molecule has 0 saturated heterocycles. The topological polar surface area (TPSA) is 62.0 Å². The number of H-pyrrole nitrogens is 1. The van der Waals surface area contributed by atoms with Crippen LogP contribution >= 0.6 is 0 Å². The van der Waals surface area contributed by atoms with Gasteiger partial charge >= 0.3 is 0 Å². The Morgan fingerprint density at radius 1 is 1.11 bits per heavy atom. The lowest BCUT2D eigenvalue weighted by Crippen LogP contribution is -2.26. The first kappa shape index (κ1) is 13.1. The minimum absolute atomic E-state index is 0.274. The maximum Gasteiger partial charge on any atom is 0.268 e. The van der Waals surface area contributed by atoms with Crippen molar-refractivity contribution in [2.75, 3.05) is 0 Å². The highest BCUT2D eigenvalue weighted by Gasteiger charge is 2.06. The van der Waals surface area contributed by atoms with Crippen molar-refractivity contribution in [1.29, 1.82) is 0 Å². The molecule has 1 aromatic carbocycles. The minimum Gasteiger partial charge on any atom is -0.347 e. The van der Waals surface area contributed by atoms with E-state index in [9.17, 15) is 9.59 Å². The van der Waals surface area contributed by atoms with Crippen molar-refractivity contribution in [2.24, 2.45) is 0 Å². The van der Waals surface area contributed by atoms with Crippen LogP contribution in [-0.2, 0) is 13.0 Å². The van der Waals surface area contributed by atoms with Gasteiger partial charge in [-0.05, 0) is 23.6 Å². The molecule has 98 valence electrons. The summed E-state index contributed by atoms with van der Waals surface area (Å²) in [6.07, 6.45) is 0.925. The van der Waals surface area contributed by atoms with E-state index in [0.29, 0.717) is 6.54 Å². The van der Waals surface area contributed by atoms with Gasteiger partial charge in [0.1, 0.15) is 5.69 Å². The molecule has 2 rings (SSSR count). The standard InChI is InChI=1S/C15H16N2O2/c1-2-11-6-3-4-7-12(11)10-16-15(19)13-8-5-9-14(18)17-13/h3-9H,2,10H2,1H3,(H,16,19)(H,17,18). The Morgan fingerprint density at radius 2 is 1.84 bits per heavy atom. The number of nitrogens with one attached hydrogen (secondary N) is 2. The fraction of sp³-hybridized carbons (Fsp3) is 0.200. The van der Waals surface area contributed by atoms with Gasteiger partial charge in [0, 0.05) is 12.6 Å². The van der Waals surface area contributed by atoms with E-state index in [-0.39, 0.29) is 17.2 Å². The zero-order valence-corrected chi connectivity index (χ0v) is 10.8. The highest BCUT2D eigenvalue weighted by Crippen LogP contribution is 2.09. The van der Waals surface area contributed by atoms with Crippen LogP contribution in [-0.4, -0.2) is 10.9 Å². The van der Waals surface area contributed by atoms with Gasteiger partial charge in [-0.1, -0.05) is 37.3 Å². The summed E-state index contributed by atoms with van der Waals surface area (Å²) in [6, 6.07) is 12.5. The first-order valence-corrected chi connectivity index (χ1v) is 6.25. The molecule has 0 unspecified atom stereocenters. The Hall–Kier alpha value is -2.36. The molecular weight excluding hydrogens is 240 g/mol. The zero-order valence-electron chi connectivity index (χ0n) is 10.8.